The zero-order valence-corrected chi connectivity index (χ0v) is 10.8. The molecule has 0 aliphatic rings. The largest absolute Gasteiger partial charge is 0.496 e. The van der Waals surface area contributed by atoms with Crippen molar-refractivity contribution in [3.8, 4) is 5.75 Å². The predicted octanol–water partition coefficient (Wildman–Crippen LogP) is 2.88. The summed E-state index contributed by atoms with van der Waals surface area (Å²) in [6.45, 7) is 2.65. The first-order chi connectivity index (χ1) is 8.74. The third-order valence-corrected chi connectivity index (χ3v) is 3.20. The van der Waals surface area contributed by atoms with Crippen LogP contribution in [0.15, 0.2) is 41.0 Å². The van der Waals surface area contributed by atoms with E-state index in [2.05, 4.69) is 12.1 Å². The molecule has 3 nitrogen and oxygen atoms in total. The summed E-state index contributed by atoms with van der Waals surface area (Å²) in [7, 11) is 1.69. The van der Waals surface area contributed by atoms with Crippen LogP contribution in [0.25, 0.3) is 0 Å². The van der Waals surface area contributed by atoms with Crippen molar-refractivity contribution in [3.05, 3.63) is 53.5 Å². The molecule has 0 aliphatic heterocycles. The van der Waals surface area contributed by atoms with Crippen molar-refractivity contribution < 1.29 is 9.15 Å². The molecule has 0 amide bonds. The van der Waals surface area contributed by atoms with E-state index in [-0.39, 0.29) is 5.92 Å². The van der Waals surface area contributed by atoms with Gasteiger partial charge in [-0.3, -0.25) is 0 Å². The highest BCUT2D eigenvalue weighted by Gasteiger charge is 2.13. The molecular weight excluding hydrogens is 226 g/mol. The van der Waals surface area contributed by atoms with Crippen LogP contribution < -0.4 is 10.5 Å². The van der Waals surface area contributed by atoms with Crippen molar-refractivity contribution in [2.45, 2.75) is 19.3 Å². The maximum absolute atomic E-state index is 5.87. The molecule has 1 atom stereocenters. The number of nitrogens with two attached hydrogens (primary N) is 1. The van der Waals surface area contributed by atoms with E-state index in [0.717, 1.165) is 23.5 Å². The second-order valence-electron chi connectivity index (χ2n) is 4.45. The van der Waals surface area contributed by atoms with Gasteiger partial charge in [0.25, 0.3) is 0 Å². The van der Waals surface area contributed by atoms with E-state index in [0.29, 0.717) is 6.54 Å². The summed E-state index contributed by atoms with van der Waals surface area (Å²) in [6.07, 6.45) is 2.53. The minimum absolute atomic E-state index is 0.278. The number of rotatable bonds is 5. The number of hydrogen-bond donors (Lipinski definition) is 1. The Bertz CT molecular complexity index is 491. The summed E-state index contributed by atoms with van der Waals surface area (Å²) >= 11 is 0. The molecule has 0 spiro atoms. The Morgan fingerprint density at radius 1 is 1.33 bits per heavy atom. The van der Waals surface area contributed by atoms with E-state index in [1.165, 1.54) is 5.56 Å². The maximum atomic E-state index is 5.87. The minimum atomic E-state index is 0.278. The van der Waals surface area contributed by atoms with E-state index >= 15 is 0 Å². The molecule has 18 heavy (non-hydrogen) atoms. The molecule has 2 aromatic rings. The normalized spacial score (nSPS) is 12.4. The molecule has 0 bridgehead atoms. The Balaban J connectivity index is 2.19. The predicted molar refractivity (Wildman–Crippen MR) is 71.9 cm³/mol. The minimum Gasteiger partial charge on any atom is -0.496 e. The van der Waals surface area contributed by atoms with Crippen LogP contribution >= 0.6 is 0 Å². The van der Waals surface area contributed by atoms with Gasteiger partial charge < -0.3 is 14.9 Å². The standard InChI is InChI=1S/C15H19NO2/c1-11-8-12(5-6-15(11)17-2)13(10-16)9-14-4-3-7-18-14/h3-8,13H,9-10,16H2,1-2H3. The molecule has 2 rings (SSSR count). The first kappa shape index (κ1) is 12.7. The summed E-state index contributed by atoms with van der Waals surface area (Å²) in [6, 6.07) is 10.1. The Morgan fingerprint density at radius 3 is 2.72 bits per heavy atom. The van der Waals surface area contributed by atoms with Crippen LogP contribution in [-0.4, -0.2) is 13.7 Å². The van der Waals surface area contributed by atoms with Gasteiger partial charge in [0.05, 0.1) is 13.4 Å². The molecule has 0 radical (unpaired) electrons. The molecule has 1 unspecified atom stereocenters. The fourth-order valence-corrected chi connectivity index (χ4v) is 2.16. The molecule has 1 aromatic heterocycles. The molecule has 0 saturated heterocycles. The Morgan fingerprint density at radius 2 is 2.17 bits per heavy atom. The quantitative estimate of drug-likeness (QED) is 0.881. The lowest BCUT2D eigenvalue weighted by molar-refractivity contribution is 0.411. The highest BCUT2D eigenvalue weighted by atomic mass is 16.5. The van der Waals surface area contributed by atoms with Crippen LogP contribution in [-0.2, 0) is 6.42 Å². The molecule has 1 aromatic carbocycles. The van der Waals surface area contributed by atoms with Gasteiger partial charge in [-0.05, 0) is 42.8 Å². The zero-order valence-electron chi connectivity index (χ0n) is 10.8. The molecule has 3 heteroatoms. The van der Waals surface area contributed by atoms with Crippen LogP contribution in [0.5, 0.6) is 5.75 Å². The van der Waals surface area contributed by atoms with Crippen LogP contribution in [0.3, 0.4) is 0 Å². The third-order valence-electron chi connectivity index (χ3n) is 3.20. The molecular formula is C15H19NO2. The van der Waals surface area contributed by atoms with E-state index in [1.54, 1.807) is 13.4 Å². The first-order valence-electron chi connectivity index (χ1n) is 6.11. The molecule has 96 valence electrons. The lowest BCUT2D eigenvalue weighted by Gasteiger charge is -2.15. The summed E-state index contributed by atoms with van der Waals surface area (Å²) in [5.74, 6) is 2.16. The van der Waals surface area contributed by atoms with Crippen molar-refractivity contribution in [1.82, 2.24) is 0 Å². The average molecular weight is 245 g/mol. The second kappa shape index (κ2) is 5.74. The molecule has 2 N–H and O–H groups in total. The average Bonchev–Trinajstić information content (AvgIpc) is 2.88. The van der Waals surface area contributed by atoms with Gasteiger partial charge >= 0.3 is 0 Å². The van der Waals surface area contributed by atoms with Crippen LogP contribution in [0, 0.1) is 6.92 Å². The van der Waals surface area contributed by atoms with Crippen molar-refractivity contribution >= 4 is 0 Å². The van der Waals surface area contributed by atoms with E-state index in [9.17, 15) is 0 Å². The SMILES string of the molecule is COc1ccc(C(CN)Cc2ccco2)cc1C. The topological polar surface area (TPSA) is 48.4 Å². The summed E-state index contributed by atoms with van der Waals surface area (Å²) < 4.78 is 10.7. The van der Waals surface area contributed by atoms with Gasteiger partial charge in [-0.15, -0.1) is 0 Å². The third kappa shape index (κ3) is 2.74. The fourth-order valence-electron chi connectivity index (χ4n) is 2.16. The lowest BCUT2D eigenvalue weighted by Crippen LogP contribution is -2.15. The Labute approximate surface area is 108 Å². The summed E-state index contributed by atoms with van der Waals surface area (Å²) in [5.41, 5.74) is 8.23. The van der Waals surface area contributed by atoms with Gasteiger partial charge in [-0.2, -0.15) is 0 Å². The van der Waals surface area contributed by atoms with Crippen LogP contribution in [0.4, 0.5) is 0 Å². The zero-order chi connectivity index (χ0) is 13.0. The number of benzene rings is 1. The van der Waals surface area contributed by atoms with E-state index in [4.69, 9.17) is 14.9 Å². The van der Waals surface area contributed by atoms with Gasteiger partial charge in [0.1, 0.15) is 11.5 Å². The second-order valence-corrected chi connectivity index (χ2v) is 4.45. The molecule has 0 fully saturated rings. The number of furan rings is 1. The van der Waals surface area contributed by atoms with E-state index < -0.39 is 0 Å². The van der Waals surface area contributed by atoms with Crippen LogP contribution in [0.1, 0.15) is 22.8 Å². The molecule has 1 heterocycles. The highest BCUT2D eigenvalue weighted by molar-refractivity contribution is 5.38. The monoisotopic (exact) mass is 245 g/mol. The molecule has 0 saturated carbocycles. The van der Waals surface area contributed by atoms with Crippen molar-refractivity contribution in [2.24, 2.45) is 5.73 Å². The molecule has 0 aliphatic carbocycles. The van der Waals surface area contributed by atoms with Crippen LogP contribution in [0.2, 0.25) is 0 Å². The van der Waals surface area contributed by atoms with Gasteiger partial charge in [-0.1, -0.05) is 12.1 Å². The Kier molecular flexibility index (Phi) is 4.05. The van der Waals surface area contributed by atoms with Crippen molar-refractivity contribution in [1.29, 1.82) is 0 Å². The number of methoxy groups -OCH3 is 1. The highest BCUT2D eigenvalue weighted by Crippen LogP contribution is 2.25. The summed E-state index contributed by atoms with van der Waals surface area (Å²) in [4.78, 5) is 0. The fraction of sp³-hybridized carbons (Fsp3) is 0.333. The van der Waals surface area contributed by atoms with Gasteiger partial charge in [-0.25, -0.2) is 0 Å². The number of aryl methyl sites for hydroxylation is 1. The van der Waals surface area contributed by atoms with Crippen molar-refractivity contribution in [3.63, 3.8) is 0 Å². The van der Waals surface area contributed by atoms with Crippen molar-refractivity contribution in [2.75, 3.05) is 13.7 Å². The van der Waals surface area contributed by atoms with E-state index in [1.807, 2.05) is 25.1 Å². The maximum Gasteiger partial charge on any atom is 0.121 e. The first-order valence-corrected chi connectivity index (χ1v) is 6.11. The summed E-state index contributed by atoms with van der Waals surface area (Å²) in [5, 5.41) is 0. The number of hydrogen-bond acceptors (Lipinski definition) is 3. The lowest BCUT2D eigenvalue weighted by atomic mass is 9.93. The Hall–Kier alpha value is -1.74. The van der Waals surface area contributed by atoms with Gasteiger partial charge in [0.2, 0.25) is 0 Å². The van der Waals surface area contributed by atoms with Gasteiger partial charge in [0.15, 0.2) is 0 Å². The number of ether oxygens (including phenoxy) is 1. The van der Waals surface area contributed by atoms with Gasteiger partial charge in [0, 0.05) is 12.3 Å². The smallest absolute Gasteiger partial charge is 0.121 e.